The topological polar surface area (TPSA) is 27.7 Å². The Labute approximate surface area is 218 Å². The summed E-state index contributed by atoms with van der Waals surface area (Å²) in [6, 6.07) is 4.13. The SMILES string of the molecule is CC1CCC(C2CCC(C(F)(F)OC3COC(C4CCC(c5ccc(F)c(F)c5)CC4)OC3)CC2)CC1. The van der Waals surface area contributed by atoms with Crippen molar-refractivity contribution in [2.75, 3.05) is 13.2 Å². The van der Waals surface area contributed by atoms with Gasteiger partial charge in [-0.1, -0.05) is 25.8 Å². The monoisotopic (exact) mass is 526 g/mol. The Morgan fingerprint density at radius 1 is 0.730 bits per heavy atom. The van der Waals surface area contributed by atoms with Crippen molar-refractivity contribution in [3.05, 3.63) is 35.4 Å². The van der Waals surface area contributed by atoms with Crippen molar-refractivity contribution in [1.29, 1.82) is 0 Å². The maximum Gasteiger partial charge on any atom is 0.358 e. The highest BCUT2D eigenvalue weighted by Crippen LogP contribution is 2.46. The summed E-state index contributed by atoms with van der Waals surface area (Å²) in [4.78, 5) is 0. The predicted molar refractivity (Wildman–Crippen MR) is 133 cm³/mol. The van der Waals surface area contributed by atoms with Gasteiger partial charge in [0.25, 0.3) is 0 Å². The highest BCUT2D eigenvalue weighted by Gasteiger charge is 2.46. The molecule has 0 spiro atoms. The second-order valence-electron chi connectivity index (χ2n) is 12.3. The molecule has 0 radical (unpaired) electrons. The standard InChI is InChI=1S/C30H42F4O3/c1-19-2-4-20(5-3-19)21-10-13-25(14-11-21)30(33,34)37-26-17-35-29(36-18-26)23-8-6-22(7-9-23)24-12-15-27(31)28(32)16-24/h12,15-16,19-23,25-26,29H,2-11,13-14,17-18H2,1H3. The van der Waals surface area contributed by atoms with Gasteiger partial charge in [0, 0.05) is 5.92 Å². The lowest BCUT2D eigenvalue weighted by Gasteiger charge is -2.41. The van der Waals surface area contributed by atoms with Crippen molar-refractivity contribution in [3.8, 4) is 0 Å². The largest absolute Gasteiger partial charge is 0.358 e. The van der Waals surface area contributed by atoms with E-state index in [0.29, 0.717) is 18.8 Å². The molecule has 208 valence electrons. The number of alkyl halides is 2. The summed E-state index contributed by atoms with van der Waals surface area (Å²) in [6.45, 7) is 2.54. The van der Waals surface area contributed by atoms with Crippen molar-refractivity contribution >= 4 is 0 Å². The van der Waals surface area contributed by atoms with Crippen LogP contribution in [0.3, 0.4) is 0 Å². The van der Waals surface area contributed by atoms with E-state index in [4.69, 9.17) is 14.2 Å². The molecule has 0 atom stereocenters. The van der Waals surface area contributed by atoms with E-state index in [-0.39, 0.29) is 25.0 Å². The Bertz CT molecular complexity index is 864. The van der Waals surface area contributed by atoms with Gasteiger partial charge in [0.1, 0.15) is 6.10 Å². The molecule has 4 fully saturated rings. The summed E-state index contributed by atoms with van der Waals surface area (Å²) in [5.74, 6) is 0.110. The lowest BCUT2D eigenvalue weighted by Crippen LogP contribution is -2.46. The molecule has 7 heteroatoms. The number of benzene rings is 1. The molecule has 37 heavy (non-hydrogen) atoms. The van der Waals surface area contributed by atoms with Crippen LogP contribution >= 0.6 is 0 Å². The molecule has 0 aromatic heterocycles. The van der Waals surface area contributed by atoms with Gasteiger partial charge in [0.2, 0.25) is 0 Å². The van der Waals surface area contributed by atoms with Crippen molar-refractivity contribution < 1.29 is 31.8 Å². The Morgan fingerprint density at radius 2 is 1.30 bits per heavy atom. The summed E-state index contributed by atoms with van der Waals surface area (Å²) in [7, 11) is 0. The van der Waals surface area contributed by atoms with Gasteiger partial charge in [-0.2, -0.15) is 8.78 Å². The van der Waals surface area contributed by atoms with Crippen molar-refractivity contribution in [2.24, 2.45) is 29.6 Å². The van der Waals surface area contributed by atoms with Gasteiger partial charge >= 0.3 is 6.11 Å². The van der Waals surface area contributed by atoms with Gasteiger partial charge in [-0.25, -0.2) is 8.78 Å². The molecule has 1 saturated heterocycles. The van der Waals surface area contributed by atoms with Crippen LogP contribution in [0.1, 0.15) is 95.5 Å². The van der Waals surface area contributed by atoms with Gasteiger partial charge in [0.05, 0.1) is 19.1 Å². The Morgan fingerprint density at radius 3 is 1.89 bits per heavy atom. The van der Waals surface area contributed by atoms with Crippen LogP contribution in [-0.4, -0.2) is 31.7 Å². The molecular formula is C30H42F4O3. The maximum absolute atomic E-state index is 15.0. The first-order chi connectivity index (χ1) is 17.8. The van der Waals surface area contributed by atoms with Gasteiger partial charge in [-0.05, 0) is 106 Å². The van der Waals surface area contributed by atoms with Crippen LogP contribution in [0, 0.1) is 41.2 Å². The van der Waals surface area contributed by atoms with Crippen LogP contribution in [0.5, 0.6) is 0 Å². The minimum atomic E-state index is -3.15. The average molecular weight is 527 g/mol. The van der Waals surface area contributed by atoms with Gasteiger partial charge in [-0.15, -0.1) is 0 Å². The molecular weight excluding hydrogens is 484 g/mol. The molecule has 1 aliphatic heterocycles. The van der Waals surface area contributed by atoms with Gasteiger partial charge in [0.15, 0.2) is 17.9 Å². The lowest BCUT2D eigenvalue weighted by atomic mass is 9.69. The van der Waals surface area contributed by atoms with E-state index in [0.717, 1.165) is 55.9 Å². The van der Waals surface area contributed by atoms with E-state index in [9.17, 15) is 8.78 Å². The fourth-order valence-corrected chi connectivity index (χ4v) is 7.33. The Kier molecular flexibility index (Phi) is 8.82. The maximum atomic E-state index is 15.0. The molecule has 0 unspecified atom stereocenters. The first-order valence-corrected chi connectivity index (χ1v) is 14.5. The van der Waals surface area contributed by atoms with Crippen molar-refractivity contribution in [1.82, 2.24) is 0 Å². The van der Waals surface area contributed by atoms with E-state index in [2.05, 4.69) is 6.92 Å². The molecule has 1 aromatic carbocycles. The number of rotatable bonds is 6. The second kappa shape index (κ2) is 11.9. The Balaban J connectivity index is 1.03. The quantitative estimate of drug-likeness (QED) is 0.350. The Hall–Kier alpha value is -1.18. The molecule has 0 amide bonds. The van der Waals surface area contributed by atoms with Crippen LogP contribution in [0.4, 0.5) is 17.6 Å². The van der Waals surface area contributed by atoms with Crippen LogP contribution in [0.25, 0.3) is 0 Å². The van der Waals surface area contributed by atoms with E-state index in [1.807, 2.05) is 0 Å². The molecule has 5 rings (SSSR count). The minimum Gasteiger partial charge on any atom is -0.350 e. The van der Waals surface area contributed by atoms with E-state index < -0.39 is 36.1 Å². The highest BCUT2D eigenvalue weighted by molar-refractivity contribution is 5.22. The summed E-state index contributed by atoms with van der Waals surface area (Å²) in [5, 5.41) is 0. The summed E-state index contributed by atoms with van der Waals surface area (Å²) < 4.78 is 73.9. The number of hydrogen-bond acceptors (Lipinski definition) is 3. The molecule has 3 nitrogen and oxygen atoms in total. The number of ether oxygens (including phenoxy) is 3. The fourth-order valence-electron chi connectivity index (χ4n) is 7.33. The zero-order valence-corrected chi connectivity index (χ0v) is 22.0. The third-order valence-corrected chi connectivity index (χ3v) is 9.76. The minimum absolute atomic E-state index is 0.110. The second-order valence-corrected chi connectivity index (χ2v) is 12.3. The smallest absolute Gasteiger partial charge is 0.350 e. The molecule has 0 bridgehead atoms. The molecule has 3 aliphatic carbocycles. The lowest BCUT2D eigenvalue weighted by molar-refractivity contribution is -0.338. The van der Waals surface area contributed by atoms with E-state index in [1.165, 1.54) is 37.8 Å². The van der Waals surface area contributed by atoms with Crippen LogP contribution in [-0.2, 0) is 14.2 Å². The summed E-state index contributed by atoms with van der Waals surface area (Å²) in [6.07, 6.45) is 6.90. The van der Waals surface area contributed by atoms with Gasteiger partial charge < -0.3 is 14.2 Å². The third-order valence-electron chi connectivity index (χ3n) is 9.76. The summed E-state index contributed by atoms with van der Waals surface area (Å²) >= 11 is 0. The normalized spacial score (nSPS) is 37.9. The third kappa shape index (κ3) is 6.70. The van der Waals surface area contributed by atoms with Crippen LogP contribution < -0.4 is 0 Å². The predicted octanol–water partition coefficient (Wildman–Crippen LogP) is 8.22. The zero-order valence-electron chi connectivity index (χ0n) is 22.0. The van der Waals surface area contributed by atoms with E-state index in [1.54, 1.807) is 6.07 Å². The van der Waals surface area contributed by atoms with Crippen LogP contribution in [0.2, 0.25) is 0 Å². The zero-order chi connectivity index (χ0) is 26.0. The number of halogens is 4. The number of hydrogen-bond donors (Lipinski definition) is 0. The van der Waals surface area contributed by atoms with Crippen LogP contribution in [0.15, 0.2) is 18.2 Å². The average Bonchev–Trinajstić information content (AvgIpc) is 2.91. The molecule has 3 saturated carbocycles. The van der Waals surface area contributed by atoms with Gasteiger partial charge in [-0.3, -0.25) is 0 Å². The molecule has 0 N–H and O–H groups in total. The fraction of sp³-hybridized carbons (Fsp3) is 0.800. The molecule has 4 aliphatic rings. The first-order valence-electron chi connectivity index (χ1n) is 14.5. The summed E-state index contributed by atoms with van der Waals surface area (Å²) in [5.41, 5.74) is 0.820. The van der Waals surface area contributed by atoms with E-state index >= 15 is 8.78 Å². The van der Waals surface area contributed by atoms with Crippen molar-refractivity contribution in [3.63, 3.8) is 0 Å². The highest BCUT2D eigenvalue weighted by atomic mass is 19.3. The molecule has 1 aromatic rings. The molecule has 1 heterocycles. The first kappa shape index (κ1) is 27.4. The van der Waals surface area contributed by atoms with Crippen molar-refractivity contribution in [2.45, 2.75) is 108 Å².